The number of nitrogens with one attached hydrogen (secondary N) is 1. The molecule has 7 nitrogen and oxygen atoms in total. The van der Waals surface area contributed by atoms with Gasteiger partial charge in [0.15, 0.2) is 9.84 Å². The SMILES string of the molecule is CNCCCN(C)c1cccc(S(C)(=O)=O)c1[N+](=O)[O-]. The van der Waals surface area contributed by atoms with Crippen molar-refractivity contribution >= 4 is 21.2 Å². The van der Waals surface area contributed by atoms with E-state index in [-0.39, 0.29) is 10.6 Å². The van der Waals surface area contributed by atoms with Crippen LogP contribution in [0.25, 0.3) is 0 Å². The molecule has 0 saturated heterocycles. The topological polar surface area (TPSA) is 92.6 Å². The van der Waals surface area contributed by atoms with Gasteiger partial charge in [0, 0.05) is 19.8 Å². The molecule has 0 saturated carbocycles. The van der Waals surface area contributed by atoms with Crippen molar-refractivity contribution in [1.29, 1.82) is 0 Å². The number of benzene rings is 1. The first-order valence-corrected chi connectivity index (χ1v) is 8.01. The summed E-state index contributed by atoms with van der Waals surface area (Å²) in [4.78, 5) is 12.0. The van der Waals surface area contributed by atoms with E-state index < -0.39 is 14.8 Å². The number of rotatable bonds is 7. The highest BCUT2D eigenvalue weighted by Crippen LogP contribution is 2.33. The van der Waals surface area contributed by atoms with Crippen LogP contribution in [0.1, 0.15) is 6.42 Å². The molecule has 1 rings (SSSR count). The second-order valence-corrected chi connectivity index (χ2v) is 6.52. The summed E-state index contributed by atoms with van der Waals surface area (Å²) < 4.78 is 23.3. The van der Waals surface area contributed by atoms with Gasteiger partial charge in [-0.2, -0.15) is 0 Å². The standard InChI is InChI=1S/C12H19N3O4S/c1-13-8-5-9-14(2)10-6-4-7-11(20(3,18)19)12(10)15(16)17/h4,6-7,13H,5,8-9H2,1-3H3. The number of nitro groups is 1. The molecule has 0 atom stereocenters. The minimum Gasteiger partial charge on any atom is -0.369 e. The summed E-state index contributed by atoms with van der Waals surface area (Å²) >= 11 is 0. The summed E-state index contributed by atoms with van der Waals surface area (Å²) in [6.07, 6.45) is 1.77. The van der Waals surface area contributed by atoms with Crippen LogP contribution in [-0.2, 0) is 9.84 Å². The lowest BCUT2D eigenvalue weighted by Crippen LogP contribution is -2.23. The first kappa shape index (κ1) is 16.4. The molecule has 0 spiro atoms. The normalized spacial score (nSPS) is 11.3. The third kappa shape index (κ3) is 3.91. The number of sulfone groups is 1. The van der Waals surface area contributed by atoms with Gasteiger partial charge in [-0.15, -0.1) is 0 Å². The third-order valence-electron chi connectivity index (χ3n) is 2.89. The first-order valence-electron chi connectivity index (χ1n) is 6.12. The Kier molecular flexibility index (Phi) is 5.46. The number of hydrogen-bond acceptors (Lipinski definition) is 6. The summed E-state index contributed by atoms with van der Waals surface area (Å²) in [6.45, 7) is 1.37. The maximum atomic E-state index is 11.7. The Hall–Kier alpha value is -1.67. The number of nitro benzene ring substituents is 1. The van der Waals surface area contributed by atoms with Crippen LogP contribution in [0.5, 0.6) is 0 Å². The Bertz CT molecular complexity index is 586. The van der Waals surface area contributed by atoms with Crippen LogP contribution >= 0.6 is 0 Å². The lowest BCUT2D eigenvalue weighted by molar-refractivity contribution is -0.387. The van der Waals surface area contributed by atoms with E-state index in [1.165, 1.54) is 12.1 Å². The zero-order chi connectivity index (χ0) is 15.3. The average Bonchev–Trinajstić information content (AvgIpc) is 2.36. The number of anilines is 1. The minimum absolute atomic E-state index is 0.250. The van der Waals surface area contributed by atoms with Gasteiger partial charge in [-0.25, -0.2) is 8.42 Å². The molecule has 1 aromatic rings. The molecule has 20 heavy (non-hydrogen) atoms. The highest BCUT2D eigenvalue weighted by atomic mass is 32.2. The van der Waals surface area contributed by atoms with Crippen molar-refractivity contribution in [2.24, 2.45) is 0 Å². The average molecular weight is 301 g/mol. The van der Waals surface area contributed by atoms with E-state index in [9.17, 15) is 18.5 Å². The lowest BCUT2D eigenvalue weighted by Gasteiger charge is -2.19. The second-order valence-electron chi connectivity index (χ2n) is 4.53. The largest absolute Gasteiger partial charge is 0.369 e. The van der Waals surface area contributed by atoms with Crippen molar-refractivity contribution < 1.29 is 13.3 Å². The van der Waals surface area contributed by atoms with Crippen molar-refractivity contribution in [2.45, 2.75) is 11.3 Å². The van der Waals surface area contributed by atoms with E-state index in [4.69, 9.17) is 0 Å². The Morgan fingerprint density at radius 2 is 2.05 bits per heavy atom. The molecule has 0 aliphatic heterocycles. The Balaban J connectivity index is 3.23. The van der Waals surface area contributed by atoms with E-state index in [1.807, 2.05) is 7.05 Å². The van der Waals surface area contributed by atoms with Crippen molar-refractivity contribution in [1.82, 2.24) is 5.32 Å². The predicted octanol–water partition coefficient (Wildman–Crippen LogP) is 1.04. The van der Waals surface area contributed by atoms with Crippen molar-refractivity contribution in [3.8, 4) is 0 Å². The quantitative estimate of drug-likeness (QED) is 0.459. The fraction of sp³-hybridized carbons (Fsp3) is 0.500. The molecule has 0 radical (unpaired) electrons. The summed E-state index contributed by atoms with van der Waals surface area (Å²) in [5.74, 6) is 0. The molecular formula is C12H19N3O4S. The molecule has 112 valence electrons. The summed E-state index contributed by atoms with van der Waals surface area (Å²) in [5, 5.41) is 14.2. The van der Waals surface area contributed by atoms with Crippen LogP contribution in [0.15, 0.2) is 23.1 Å². The fourth-order valence-electron chi connectivity index (χ4n) is 1.91. The molecular weight excluding hydrogens is 282 g/mol. The van der Waals surface area contributed by atoms with E-state index in [0.29, 0.717) is 12.2 Å². The van der Waals surface area contributed by atoms with Gasteiger partial charge >= 0.3 is 5.69 Å². The van der Waals surface area contributed by atoms with E-state index in [1.54, 1.807) is 18.0 Å². The zero-order valence-electron chi connectivity index (χ0n) is 11.8. The Morgan fingerprint density at radius 3 is 2.55 bits per heavy atom. The molecule has 0 fully saturated rings. The van der Waals surface area contributed by atoms with Crippen LogP contribution < -0.4 is 10.2 Å². The van der Waals surface area contributed by atoms with Crippen LogP contribution in [0, 0.1) is 10.1 Å². The summed E-state index contributed by atoms with van der Waals surface area (Å²) in [5.41, 5.74) is -0.0454. The highest BCUT2D eigenvalue weighted by Gasteiger charge is 2.27. The molecule has 0 heterocycles. The van der Waals surface area contributed by atoms with Crippen molar-refractivity contribution in [3.63, 3.8) is 0 Å². The van der Waals surface area contributed by atoms with Gasteiger partial charge in [-0.05, 0) is 32.1 Å². The number of hydrogen-bond donors (Lipinski definition) is 1. The van der Waals surface area contributed by atoms with Gasteiger partial charge in [0.05, 0.1) is 4.92 Å². The number of para-hydroxylation sites is 1. The van der Waals surface area contributed by atoms with E-state index >= 15 is 0 Å². The molecule has 0 aromatic heterocycles. The van der Waals surface area contributed by atoms with Gasteiger partial charge in [-0.1, -0.05) is 6.07 Å². The van der Waals surface area contributed by atoms with Gasteiger partial charge in [-0.3, -0.25) is 10.1 Å². The van der Waals surface area contributed by atoms with Gasteiger partial charge in [0.1, 0.15) is 10.6 Å². The zero-order valence-corrected chi connectivity index (χ0v) is 12.6. The van der Waals surface area contributed by atoms with Gasteiger partial charge in [0.25, 0.3) is 0 Å². The summed E-state index contributed by atoms with van der Waals surface area (Å²) in [7, 11) is -0.102. The predicted molar refractivity (Wildman–Crippen MR) is 78.0 cm³/mol. The molecule has 0 unspecified atom stereocenters. The molecule has 0 aliphatic carbocycles. The summed E-state index contributed by atoms with van der Waals surface area (Å²) in [6, 6.07) is 4.35. The van der Waals surface area contributed by atoms with Crippen molar-refractivity contribution in [3.05, 3.63) is 28.3 Å². The third-order valence-corrected chi connectivity index (χ3v) is 4.02. The molecule has 0 bridgehead atoms. The highest BCUT2D eigenvalue weighted by molar-refractivity contribution is 7.90. The Morgan fingerprint density at radius 1 is 1.40 bits per heavy atom. The molecule has 1 N–H and O–H groups in total. The minimum atomic E-state index is -3.64. The maximum absolute atomic E-state index is 11.7. The molecule has 0 amide bonds. The number of nitrogens with zero attached hydrogens (tertiary/aromatic N) is 2. The van der Waals surface area contributed by atoms with Crippen LogP contribution in [0.4, 0.5) is 11.4 Å². The van der Waals surface area contributed by atoms with E-state index in [0.717, 1.165) is 19.2 Å². The Labute approximate surface area is 118 Å². The lowest BCUT2D eigenvalue weighted by atomic mass is 10.2. The molecule has 1 aromatic carbocycles. The molecule has 0 aliphatic rings. The maximum Gasteiger partial charge on any atom is 0.311 e. The van der Waals surface area contributed by atoms with Gasteiger partial charge in [0.2, 0.25) is 0 Å². The first-order chi connectivity index (χ1) is 9.29. The fourth-order valence-corrected chi connectivity index (χ4v) is 2.77. The van der Waals surface area contributed by atoms with E-state index in [2.05, 4.69) is 5.32 Å². The second kappa shape index (κ2) is 6.67. The monoisotopic (exact) mass is 301 g/mol. The smallest absolute Gasteiger partial charge is 0.311 e. The molecule has 8 heteroatoms. The van der Waals surface area contributed by atoms with Gasteiger partial charge < -0.3 is 10.2 Å². The van der Waals surface area contributed by atoms with Crippen molar-refractivity contribution in [2.75, 3.05) is 38.3 Å². The van der Waals surface area contributed by atoms with Crippen LogP contribution in [0.2, 0.25) is 0 Å². The van der Waals surface area contributed by atoms with Crippen LogP contribution in [-0.4, -0.2) is 46.8 Å². The van der Waals surface area contributed by atoms with Crippen LogP contribution in [0.3, 0.4) is 0 Å².